The van der Waals surface area contributed by atoms with E-state index in [1.807, 2.05) is 55.5 Å². The molecule has 0 spiro atoms. The fourth-order valence-electron chi connectivity index (χ4n) is 3.34. The van der Waals surface area contributed by atoms with E-state index in [9.17, 15) is 14.7 Å². The van der Waals surface area contributed by atoms with E-state index in [4.69, 9.17) is 0 Å². The Balaban J connectivity index is 2.02. The summed E-state index contributed by atoms with van der Waals surface area (Å²) in [5.74, 6) is -0.887. The Hall–Kier alpha value is -3.08. The first-order valence-electron chi connectivity index (χ1n) is 11.1. The average molecular weight is 423 g/mol. The molecular formula is C26H34N2O3. The molecule has 0 fully saturated rings. The number of carbonyl (C=O) groups is 2. The van der Waals surface area contributed by atoms with Gasteiger partial charge in [-0.1, -0.05) is 75.9 Å². The van der Waals surface area contributed by atoms with Gasteiger partial charge in [-0.3, -0.25) is 4.90 Å². The highest BCUT2D eigenvalue weighted by Crippen LogP contribution is 2.25. The van der Waals surface area contributed by atoms with Crippen molar-refractivity contribution >= 4 is 23.8 Å². The minimum absolute atomic E-state index is 0.103. The van der Waals surface area contributed by atoms with Gasteiger partial charge in [-0.2, -0.15) is 0 Å². The highest BCUT2D eigenvalue weighted by Gasteiger charge is 2.11. The third kappa shape index (κ3) is 7.59. The lowest BCUT2D eigenvalue weighted by Crippen LogP contribution is -2.37. The summed E-state index contributed by atoms with van der Waals surface area (Å²) in [6, 6.07) is 15.5. The van der Waals surface area contributed by atoms with Crippen molar-refractivity contribution in [2.75, 3.05) is 18.5 Å². The van der Waals surface area contributed by atoms with Crippen LogP contribution in [0.5, 0.6) is 0 Å². The summed E-state index contributed by atoms with van der Waals surface area (Å²) in [6.45, 7) is 4.72. The molecule has 0 aliphatic rings. The van der Waals surface area contributed by atoms with E-state index in [1.165, 1.54) is 19.3 Å². The first-order chi connectivity index (χ1) is 15.0. The van der Waals surface area contributed by atoms with Crippen molar-refractivity contribution in [1.29, 1.82) is 0 Å². The summed E-state index contributed by atoms with van der Waals surface area (Å²) in [5, 5.41) is 12.2. The summed E-state index contributed by atoms with van der Waals surface area (Å²) in [6.07, 6.45) is 8.00. The number of benzene rings is 2. The molecule has 0 unspecified atom stereocenters. The lowest BCUT2D eigenvalue weighted by molar-refractivity contribution is -0.132. The van der Waals surface area contributed by atoms with Crippen molar-refractivity contribution in [2.45, 2.75) is 52.4 Å². The van der Waals surface area contributed by atoms with Gasteiger partial charge in [-0.15, -0.1) is 0 Å². The predicted molar refractivity (Wildman–Crippen MR) is 128 cm³/mol. The van der Waals surface area contributed by atoms with E-state index in [0.717, 1.165) is 35.2 Å². The van der Waals surface area contributed by atoms with Crippen LogP contribution in [0.15, 0.2) is 54.1 Å². The van der Waals surface area contributed by atoms with Crippen LogP contribution >= 0.6 is 0 Å². The van der Waals surface area contributed by atoms with Gasteiger partial charge in [0, 0.05) is 24.9 Å². The Bertz CT molecular complexity index is 888. The number of carboxylic acids is 1. The molecule has 2 N–H and O–H groups in total. The zero-order valence-electron chi connectivity index (χ0n) is 18.9. The van der Waals surface area contributed by atoms with Gasteiger partial charge in [-0.05, 0) is 47.7 Å². The molecule has 0 aliphatic carbocycles. The number of unbranched alkanes of at least 4 members (excludes halogenated alkanes) is 4. The van der Waals surface area contributed by atoms with Gasteiger partial charge in [0.25, 0.3) is 0 Å². The van der Waals surface area contributed by atoms with Crippen molar-refractivity contribution in [3.8, 4) is 11.1 Å². The lowest BCUT2D eigenvalue weighted by Gasteiger charge is -2.19. The van der Waals surface area contributed by atoms with Gasteiger partial charge in [-0.25, -0.2) is 9.59 Å². The number of nitrogens with one attached hydrogen (secondary N) is 1. The number of aliphatic carboxylic acids is 1. The van der Waals surface area contributed by atoms with Crippen molar-refractivity contribution < 1.29 is 14.7 Å². The van der Waals surface area contributed by atoms with Crippen LogP contribution in [0.2, 0.25) is 0 Å². The second-order valence-electron chi connectivity index (χ2n) is 7.71. The molecule has 0 saturated heterocycles. The molecule has 2 rings (SSSR count). The third-order valence-electron chi connectivity index (χ3n) is 5.34. The molecule has 0 bridgehead atoms. The normalized spacial score (nSPS) is 11.3. The van der Waals surface area contributed by atoms with Gasteiger partial charge < -0.3 is 10.4 Å². The molecule has 2 aromatic carbocycles. The molecule has 166 valence electrons. The first kappa shape index (κ1) is 24.2. The van der Waals surface area contributed by atoms with E-state index in [0.29, 0.717) is 18.5 Å². The monoisotopic (exact) mass is 422 g/mol. The maximum absolute atomic E-state index is 12.5. The Labute approximate surface area is 185 Å². The molecule has 0 heterocycles. The summed E-state index contributed by atoms with van der Waals surface area (Å²) in [7, 11) is 1.78. The number of anilines is 1. The van der Waals surface area contributed by atoms with Crippen LogP contribution in [0, 0.1) is 0 Å². The van der Waals surface area contributed by atoms with Crippen LogP contribution in [0.1, 0.15) is 57.9 Å². The standard InChI is InChI=1S/C26H34N2O3/c1-4-6-7-8-9-17-27-26(31)28(3)24-12-10-11-23(19-24)22-15-13-20(14-16-22)18-21(5-2)25(29)30/h10-16,18-19H,4-9,17H2,1-3H3,(H,27,31)(H,29,30)/b21-18-. The molecule has 5 nitrogen and oxygen atoms in total. The second kappa shape index (κ2) is 12.6. The van der Waals surface area contributed by atoms with Gasteiger partial charge in [0.05, 0.1) is 0 Å². The second-order valence-corrected chi connectivity index (χ2v) is 7.71. The largest absolute Gasteiger partial charge is 0.478 e. The fraction of sp³-hybridized carbons (Fsp3) is 0.385. The average Bonchev–Trinajstić information content (AvgIpc) is 2.79. The Morgan fingerprint density at radius 2 is 1.68 bits per heavy atom. The number of hydrogen-bond donors (Lipinski definition) is 2. The van der Waals surface area contributed by atoms with Crippen LogP contribution in [-0.2, 0) is 4.79 Å². The van der Waals surface area contributed by atoms with Gasteiger partial charge >= 0.3 is 12.0 Å². The van der Waals surface area contributed by atoms with Gasteiger partial charge in [0.1, 0.15) is 0 Å². The van der Waals surface area contributed by atoms with E-state index < -0.39 is 5.97 Å². The van der Waals surface area contributed by atoms with Gasteiger partial charge in [0.2, 0.25) is 0 Å². The lowest BCUT2D eigenvalue weighted by atomic mass is 10.0. The number of amides is 2. The molecule has 0 aliphatic heterocycles. The van der Waals surface area contributed by atoms with Crippen LogP contribution in [-0.4, -0.2) is 30.7 Å². The quantitative estimate of drug-likeness (QED) is 0.327. The molecule has 2 aromatic rings. The first-order valence-corrected chi connectivity index (χ1v) is 11.1. The molecule has 0 saturated carbocycles. The minimum atomic E-state index is -0.887. The van der Waals surface area contributed by atoms with Crippen LogP contribution in [0.4, 0.5) is 10.5 Å². The van der Waals surface area contributed by atoms with E-state index >= 15 is 0 Å². The highest BCUT2D eigenvalue weighted by molar-refractivity contribution is 5.93. The summed E-state index contributed by atoms with van der Waals surface area (Å²) >= 11 is 0. The van der Waals surface area contributed by atoms with Crippen molar-refractivity contribution in [3.05, 3.63) is 59.7 Å². The molecule has 0 atom stereocenters. The van der Waals surface area contributed by atoms with E-state index in [2.05, 4.69) is 12.2 Å². The smallest absolute Gasteiger partial charge is 0.331 e. The zero-order valence-corrected chi connectivity index (χ0v) is 18.9. The maximum atomic E-state index is 12.5. The Kier molecular flexibility index (Phi) is 9.82. The molecule has 5 heteroatoms. The number of hydrogen-bond acceptors (Lipinski definition) is 2. The third-order valence-corrected chi connectivity index (χ3v) is 5.34. The maximum Gasteiger partial charge on any atom is 0.331 e. The van der Waals surface area contributed by atoms with Crippen LogP contribution in [0.3, 0.4) is 0 Å². The minimum Gasteiger partial charge on any atom is -0.478 e. The fourth-order valence-corrected chi connectivity index (χ4v) is 3.34. The van der Waals surface area contributed by atoms with Crippen LogP contribution in [0.25, 0.3) is 17.2 Å². The predicted octanol–water partition coefficient (Wildman–Crippen LogP) is 6.35. The van der Waals surface area contributed by atoms with Crippen LogP contribution < -0.4 is 10.2 Å². The summed E-state index contributed by atoms with van der Waals surface area (Å²) in [4.78, 5) is 25.3. The Morgan fingerprint density at radius 1 is 0.968 bits per heavy atom. The molecule has 31 heavy (non-hydrogen) atoms. The molecule has 0 aromatic heterocycles. The van der Waals surface area contributed by atoms with E-state index in [1.54, 1.807) is 18.0 Å². The summed E-state index contributed by atoms with van der Waals surface area (Å²) in [5.41, 5.74) is 4.07. The Morgan fingerprint density at radius 3 is 2.32 bits per heavy atom. The number of nitrogens with zero attached hydrogens (tertiary/aromatic N) is 1. The SMILES string of the molecule is CCCCCCCNC(=O)N(C)c1cccc(-c2ccc(/C=C(/CC)C(=O)O)cc2)c1. The topological polar surface area (TPSA) is 69.6 Å². The van der Waals surface area contributed by atoms with Crippen molar-refractivity contribution in [2.24, 2.45) is 0 Å². The molecular weight excluding hydrogens is 388 g/mol. The molecule has 0 radical (unpaired) electrons. The zero-order chi connectivity index (χ0) is 22.6. The number of carboxylic acid groups (broad SMARTS) is 1. The van der Waals surface area contributed by atoms with Crippen molar-refractivity contribution in [1.82, 2.24) is 5.32 Å². The number of rotatable bonds is 11. The summed E-state index contributed by atoms with van der Waals surface area (Å²) < 4.78 is 0. The van der Waals surface area contributed by atoms with E-state index in [-0.39, 0.29) is 6.03 Å². The van der Waals surface area contributed by atoms with Gasteiger partial charge in [0.15, 0.2) is 0 Å². The van der Waals surface area contributed by atoms with Crippen molar-refractivity contribution in [3.63, 3.8) is 0 Å². The highest BCUT2D eigenvalue weighted by atomic mass is 16.4. The molecule has 2 amide bonds. The number of urea groups is 1. The number of carbonyl (C=O) groups excluding carboxylic acids is 1.